The third-order valence-electron chi connectivity index (χ3n) is 6.78. The maximum absolute atomic E-state index is 12.0. The lowest BCUT2D eigenvalue weighted by Gasteiger charge is -2.18. The number of nitrogens with one attached hydrogen (secondary N) is 1. The van der Waals surface area contributed by atoms with Gasteiger partial charge < -0.3 is 39.5 Å². The van der Waals surface area contributed by atoms with Gasteiger partial charge in [-0.05, 0) is 57.4 Å². The molecule has 220 valence electrons. The molecule has 1 fully saturated rings. The van der Waals surface area contributed by atoms with Crippen LogP contribution in [0, 0.1) is 0 Å². The number of benzene rings is 3. The highest BCUT2D eigenvalue weighted by Crippen LogP contribution is 2.55. The Morgan fingerprint density at radius 2 is 1.64 bits per heavy atom. The van der Waals surface area contributed by atoms with E-state index in [1.54, 1.807) is 0 Å². The van der Waals surface area contributed by atoms with E-state index in [1.807, 2.05) is 42.5 Å². The molecule has 0 saturated carbocycles. The molecule has 1 aliphatic heterocycles. The van der Waals surface area contributed by atoms with Gasteiger partial charge in [-0.3, -0.25) is 13.7 Å². The van der Waals surface area contributed by atoms with Gasteiger partial charge in [0.2, 0.25) is 5.28 Å². The number of halogens is 1. The molecule has 0 radical (unpaired) electrons. The van der Waals surface area contributed by atoms with Crippen molar-refractivity contribution in [1.29, 1.82) is 0 Å². The molecule has 2 aromatic heterocycles. The van der Waals surface area contributed by atoms with Crippen LogP contribution >= 0.6 is 26.8 Å². The molecule has 1 aliphatic rings. The number of aromatic nitrogens is 4. The zero-order valence-corrected chi connectivity index (χ0v) is 24.0. The van der Waals surface area contributed by atoms with Crippen LogP contribution in [-0.4, -0.2) is 75.2 Å². The topological polar surface area (TPSA) is 209 Å². The number of hydrogen-bond acceptors (Lipinski definition) is 10. The van der Waals surface area contributed by atoms with E-state index in [2.05, 4.69) is 32.4 Å². The smallest absolute Gasteiger partial charge is 0.340 e. The van der Waals surface area contributed by atoms with Crippen molar-refractivity contribution in [2.45, 2.75) is 24.5 Å². The minimum absolute atomic E-state index is 0.134. The number of hydrogen-bond donors (Lipinski definition) is 6. The normalized spacial score (nSPS) is 22.6. The lowest BCUT2D eigenvalue weighted by molar-refractivity contribution is -0.0483. The SMILES string of the molecule is O=P(O)(O)CP(=O)(O)OC[C@H]1O[C@@H](n2cnc3c(Nc4ccc5cc6ccccc6cc5c4)nc(Cl)nc32)C(O)[C@H]1O. The van der Waals surface area contributed by atoms with Crippen LogP contribution < -0.4 is 5.32 Å². The van der Waals surface area contributed by atoms with Gasteiger partial charge in [0.25, 0.3) is 0 Å². The Labute approximate surface area is 242 Å². The molecule has 2 unspecified atom stereocenters. The number of rotatable bonds is 8. The van der Waals surface area contributed by atoms with Crippen LogP contribution in [0.1, 0.15) is 6.23 Å². The molecular formula is C25H24ClN5O9P2. The largest absolute Gasteiger partial charge is 0.387 e. The molecule has 3 heterocycles. The molecule has 14 nitrogen and oxygen atoms in total. The van der Waals surface area contributed by atoms with Crippen molar-refractivity contribution in [2.24, 2.45) is 0 Å². The molecule has 3 aromatic carbocycles. The van der Waals surface area contributed by atoms with E-state index < -0.39 is 52.2 Å². The van der Waals surface area contributed by atoms with Gasteiger partial charge in [0.05, 0.1) is 12.9 Å². The highest BCUT2D eigenvalue weighted by atomic mass is 35.5. The number of fused-ring (bicyclic) bond motifs is 3. The average molecular weight is 636 g/mol. The number of aliphatic hydroxyl groups excluding tert-OH is 2. The molecule has 0 aliphatic carbocycles. The van der Waals surface area contributed by atoms with Crippen molar-refractivity contribution in [3.63, 3.8) is 0 Å². The predicted octanol–water partition coefficient (Wildman–Crippen LogP) is 3.49. The van der Waals surface area contributed by atoms with Crippen molar-refractivity contribution in [3.05, 3.63) is 66.2 Å². The summed E-state index contributed by atoms with van der Waals surface area (Å²) >= 11 is 6.23. The average Bonchev–Trinajstić information content (AvgIpc) is 3.45. The molecule has 0 bridgehead atoms. The van der Waals surface area contributed by atoms with Crippen LogP contribution in [0.3, 0.4) is 0 Å². The Hall–Kier alpha value is -3.00. The molecule has 5 atom stereocenters. The zero-order valence-electron chi connectivity index (χ0n) is 21.4. The monoisotopic (exact) mass is 635 g/mol. The number of nitrogens with zero attached hydrogens (tertiary/aromatic N) is 4. The van der Waals surface area contributed by atoms with E-state index in [0.29, 0.717) is 5.69 Å². The molecular weight excluding hydrogens is 612 g/mol. The predicted molar refractivity (Wildman–Crippen MR) is 154 cm³/mol. The van der Waals surface area contributed by atoms with Crippen LogP contribution in [0.2, 0.25) is 5.28 Å². The fraction of sp³-hybridized carbons (Fsp3) is 0.240. The van der Waals surface area contributed by atoms with Crippen LogP contribution in [0.5, 0.6) is 0 Å². The maximum Gasteiger partial charge on any atom is 0.340 e. The van der Waals surface area contributed by atoms with Gasteiger partial charge >= 0.3 is 15.2 Å². The van der Waals surface area contributed by atoms with E-state index in [0.717, 1.165) is 21.5 Å². The Bertz CT molecular complexity index is 1920. The first kappa shape index (κ1) is 29.1. The molecule has 6 rings (SSSR count). The van der Waals surface area contributed by atoms with Gasteiger partial charge in [-0.25, -0.2) is 4.98 Å². The standard InChI is InChI=1S/C25H24ClN5O9P2/c26-25-29-22(28-17-6-5-15-7-13-3-1-2-4-14(13)8-16(15)9-17)19-23(30-25)31(11-27-19)24-21(33)20(32)18(40-24)10-39-42(37,38)12-41(34,35)36/h1-9,11,18,20-21,24,32-33H,10,12H2,(H,37,38)(H,28,29,30)(H2,34,35,36)/t18-,20+,21?,24-/m1/s1. The quantitative estimate of drug-likeness (QED) is 0.0820. The van der Waals surface area contributed by atoms with E-state index >= 15 is 0 Å². The van der Waals surface area contributed by atoms with Crippen molar-refractivity contribution in [3.8, 4) is 0 Å². The van der Waals surface area contributed by atoms with Gasteiger partial charge in [-0.15, -0.1) is 0 Å². The molecule has 6 N–H and O–H groups in total. The summed E-state index contributed by atoms with van der Waals surface area (Å²) in [7, 11) is -9.56. The van der Waals surface area contributed by atoms with Gasteiger partial charge in [0.1, 0.15) is 18.3 Å². The van der Waals surface area contributed by atoms with Crippen molar-refractivity contribution in [1.82, 2.24) is 19.5 Å². The minimum Gasteiger partial charge on any atom is -0.387 e. The summed E-state index contributed by atoms with van der Waals surface area (Å²) in [6, 6.07) is 18.0. The van der Waals surface area contributed by atoms with Crippen molar-refractivity contribution < 1.29 is 43.3 Å². The summed E-state index contributed by atoms with van der Waals surface area (Å²) in [4.78, 5) is 40.5. The van der Waals surface area contributed by atoms with E-state index in [4.69, 9.17) is 30.6 Å². The highest BCUT2D eigenvalue weighted by Gasteiger charge is 2.45. The zero-order chi connectivity index (χ0) is 29.8. The van der Waals surface area contributed by atoms with Gasteiger partial charge in [-0.2, -0.15) is 9.97 Å². The molecule has 0 spiro atoms. The number of ether oxygens (including phenoxy) is 1. The summed E-state index contributed by atoms with van der Waals surface area (Å²) in [5.74, 6) is -1.13. The summed E-state index contributed by atoms with van der Waals surface area (Å²) in [6.45, 7) is -0.727. The first-order valence-corrected chi connectivity index (χ1v) is 16.4. The second-order valence-corrected chi connectivity index (χ2v) is 14.2. The van der Waals surface area contributed by atoms with Gasteiger partial charge in [-0.1, -0.05) is 30.3 Å². The maximum atomic E-state index is 12.0. The highest BCUT2D eigenvalue weighted by molar-refractivity contribution is 7.70. The van der Waals surface area contributed by atoms with Crippen LogP contribution in [0.25, 0.3) is 32.7 Å². The molecule has 5 aromatic rings. The lowest BCUT2D eigenvalue weighted by atomic mass is 10.0. The first-order valence-electron chi connectivity index (χ1n) is 12.5. The Balaban J connectivity index is 1.26. The summed E-state index contributed by atoms with van der Waals surface area (Å²) in [5.41, 5.74) is 1.15. The van der Waals surface area contributed by atoms with Crippen molar-refractivity contribution >= 4 is 71.0 Å². The summed E-state index contributed by atoms with van der Waals surface area (Å²) in [6.07, 6.45) is -4.39. The third-order valence-corrected chi connectivity index (χ3v) is 10.4. The Morgan fingerprint density at radius 1 is 0.952 bits per heavy atom. The Morgan fingerprint density at radius 3 is 2.36 bits per heavy atom. The lowest BCUT2D eigenvalue weighted by Crippen LogP contribution is -2.33. The van der Waals surface area contributed by atoms with E-state index in [9.17, 15) is 24.2 Å². The summed E-state index contributed by atoms with van der Waals surface area (Å²) in [5, 5.41) is 28.5. The first-order chi connectivity index (χ1) is 19.9. The fourth-order valence-electron chi connectivity index (χ4n) is 4.88. The molecule has 42 heavy (non-hydrogen) atoms. The number of imidazole rings is 1. The van der Waals surface area contributed by atoms with E-state index in [-0.39, 0.29) is 22.3 Å². The molecule has 1 saturated heterocycles. The third kappa shape index (κ3) is 5.92. The second kappa shape index (κ2) is 10.9. The van der Waals surface area contributed by atoms with Gasteiger partial charge in [0, 0.05) is 5.69 Å². The van der Waals surface area contributed by atoms with Crippen molar-refractivity contribution in [2.75, 3.05) is 17.8 Å². The minimum atomic E-state index is -4.85. The molecule has 0 amide bonds. The number of anilines is 2. The summed E-state index contributed by atoms with van der Waals surface area (Å²) < 4.78 is 34.9. The second-order valence-electron chi connectivity index (χ2n) is 9.84. The van der Waals surface area contributed by atoms with Crippen LogP contribution in [0.15, 0.2) is 60.9 Å². The van der Waals surface area contributed by atoms with Gasteiger partial charge in [0.15, 0.2) is 29.1 Å². The van der Waals surface area contributed by atoms with Crippen LogP contribution in [-0.2, 0) is 18.4 Å². The Kier molecular flexibility index (Phi) is 7.57. The van der Waals surface area contributed by atoms with E-state index in [1.165, 1.54) is 10.9 Å². The molecule has 17 heteroatoms. The number of aliphatic hydroxyl groups is 2. The van der Waals surface area contributed by atoms with Crippen LogP contribution in [0.4, 0.5) is 11.5 Å². The fourth-order valence-corrected chi connectivity index (χ4v) is 7.61.